The molecule has 1 saturated heterocycles. The van der Waals surface area contributed by atoms with Gasteiger partial charge in [-0.3, -0.25) is 4.79 Å². The SMILES string of the molecule is CC1CN(C(=O)C2(C(N)=S)CCCCCC2)CC1N(C)C. The fourth-order valence-corrected chi connectivity index (χ4v) is 4.28. The Bertz CT molecular complexity index is 402. The van der Waals surface area contributed by atoms with Gasteiger partial charge >= 0.3 is 0 Å². The van der Waals surface area contributed by atoms with Gasteiger partial charge in [0.2, 0.25) is 5.91 Å². The van der Waals surface area contributed by atoms with Crippen molar-refractivity contribution in [2.24, 2.45) is 17.1 Å². The molecule has 2 atom stereocenters. The highest BCUT2D eigenvalue weighted by atomic mass is 32.1. The van der Waals surface area contributed by atoms with Gasteiger partial charge in [-0.05, 0) is 32.9 Å². The number of carbonyl (C=O) groups excluding carboxylic acids is 1. The lowest BCUT2D eigenvalue weighted by Crippen LogP contribution is -2.50. The molecule has 4 nitrogen and oxygen atoms in total. The van der Waals surface area contributed by atoms with Crippen LogP contribution in [0.4, 0.5) is 0 Å². The third kappa shape index (κ3) is 3.24. The fourth-order valence-electron chi connectivity index (χ4n) is 3.99. The first kappa shape index (κ1) is 16.7. The molecule has 2 fully saturated rings. The molecular formula is C16H29N3OS. The quantitative estimate of drug-likeness (QED) is 0.640. The average molecular weight is 311 g/mol. The maximum atomic E-state index is 13.2. The number of thiocarbonyl (C=S) groups is 1. The van der Waals surface area contributed by atoms with Crippen LogP contribution in [0.1, 0.15) is 45.4 Å². The van der Waals surface area contributed by atoms with Crippen LogP contribution < -0.4 is 5.73 Å². The number of likely N-dealkylation sites (N-methyl/N-ethyl adjacent to an activating group) is 1. The van der Waals surface area contributed by atoms with E-state index < -0.39 is 5.41 Å². The van der Waals surface area contributed by atoms with Gasteiger partial charge in [-0.25, -0.2) is 0 Å². The van der Waals surface area contributed by atoms with Crippen LogP contribution in [-0.4, -0.2) is 53.9 Å². The van der Waals surface area contributed by atoms with Crippen LogP contribution in [0.2, 0.25) is 0 Å². The van der Waals surface area contributed by atoms with Gasteiger partial charge in [-0.1, -0.05) is 44.8 Å². The van der Waals surface area contributed by atoms with Crippen LogP contribution in [0.15, 0.2) is 0 Å². The molecule has 2 N–H and O–H groups in total. The molecule has 1 aliphatic heterocycles. The Labute approximate surface area is 134 Å². The van der Waals surface area contributed by atoms with Crippen LogP contribution in [0.25, 0.3) is 0 Å². The van der Waals surface area contributed by atoms with Gasteiger partial charge in [-0.15, -0.1) is 0 Å². The number of amides is 1. The molecule has 0 radical (unpaired) electrons. The van der Waals surface area contributed by atoms with Crippen molar-refractivity contribution in [2.75, 3.05) is 27.2 Å². The Kier molecular flexibility index (Phi) is 5.25. The number of likely N-dealkylation sites (tertiary alicyclic amines) is 1. The molecule has 1 aliphatic carbocycles. The molecule has 21 heavy (non-hydrogen) atoms. The minimum atomic E-state index is -0.577. The first-order chi connectivity index (χ1) is 9.88. The monoisotopic (exact) mass is 311 g/mol. The number of nitrogens with two attached hydrogens (primary N) is 1. The van der Waals surface area contributed by atoms with Crippen molar-refractivity contribution in [3.05, 3.63) is 0 Å². The van der Waals surface area contributed by atoms with Crippen molar-refractivity contribution in [1.29, 1.82) is 0 Å². The second kappa shape index (κ2) is 6.61. The molecule has 120 valence electrons. The number of hydrogen-bond acceptors (Lipinski definition) is 3. The zero-order valence-corrected chi connectivity index (χ0v) is 14.4. The summed E-state index contributed by atoms with van der Waals surface area (Å²) in [5.74, 6) is 0.686. The average Bonchev–Trinajstić information content (AvgIpc) is 2.66. The van der Waals surface area contributed by atoms with E-state index in [1.54, 1.807) is 0 Å². The topological polar surface area (TPSA) is 49.6 Å². The number of carbonyl (C=O) groups is 1. The van der Waals surface area contributed by atoms with Crippen molar-refractivity contribution in [2.45, 2.75) is 51.5 Å². The Morgan fingerprint density at radius 3 is 2.19 bits per heavy atom. The predicted molar refractivity (Wildman–Crippen MR) is 90.1 cm³/mol. The first-order valence-electron chi connectivity index (χ1n) is 8.14. The van der Waals surface area contributed by atoms with Crippen LogP contribution in [-0.2, 0) is 4.79 Å². The van der Waals surface area contributed by atoms with E-state index in [4.69, 9.17) is 18.0 Å². The highest BCUT2D eigenvalue weighted by Crippen LogP contribution is 2.38. The van der Waals surface area contributed by atoms with Crippen molar-refractivity contribution in [3.8, 4) is 0 Å². The van der Waals surface area contributed by atoms with Gasteiger partial charge < -0.3 is 15.5 Å². The van der Waals surface area contributed by atoms with E-state index >= 15 is 0 Å². The van der Waals surface area contributed by atoms with Gasteiger partial charge in [-0.2, -0.15) is 0 Å². The normalized spacial score (nSPS) is 29.4. The Balaban J connectivity index is 2.18. The Hall–Kier alpha value is -0.680. The van der Waals surface area contributed by atoms with Gasteiger partial charge in [0.05, 0.1) is 10.4 Å². The third-order valence-electron chi connectivity index (χ3n) is 5.36. The first-order valence-corrected chi connectivity index (χ1v) is 8.55. The highest BCUT2D eigenvalue weighted by Gasteiger charge is 2.46. The minimum Gasteiger partial charge on any atom is -0.392 e. The Morgan fingerprint density at radius 2 is 1.76 bits per heavy atom. The van der Waals surface area contributed by atoms with Crippen LogP contribution in [0.3, 0.4) is 0 Å². The van der Waals surface area contributed by atoms with E-state index in [-0.39, 0.29) is 5.91 Å². The van der Waals surface area contributed by atoms with Crippen molar-refractivity contribution in [1.82, 2.24) is 9.80 Å². The molecule has 2 aliphatic rings. The zero-order valence-electron chi connectivity index (χ0n) is 13.6. The van der Waals surface area contributed by atoms with Crippen molar-refractivity contribution < 1.29 is 4.79 Å². The molecule has 1 heterocycles. The second-order valence-corrected chi connectivity index (χ2v) is 7.52. The van der Waals surface area contributed by atoms with Gasteiger partial charge in [0.1, 0.15) is 0 Å². The van der Waals surface area contributed by atoms with Gasteiger partial charge in [0, 0.05) is 19.1 Å². The lowest BCUT2D eigenvalue weighted by Gasteiger charge is -2.34. The van der Waals surface area contributed by atoms with E-state index in [0.717, 1.165) is 38.8 Å². The summed E-state index contributed by atoms with van der Waals surface area (Å²) >= 11 is 5.33. The smallest absolute Gasteiger partial charge is 0.235 e. The van der Waals surface area contributed by atoms with E-state index in [9.17, 15) is 4.79 Å². The summed E-state index contributed by atoms with van der Waals surface area (Å²) in [7, 11) is 4.17. The summed E-state index contributed by atoms with van der Waals surface area (Å²) < 4.78 is 0. The molecule has 0 bridgehead atoms. The van der Waals surface area contributed by atoms with Crippen LogP contribution in [0, 0.1) is 11.3 Å². The van der Waals surface area contributed by atoms with Gasteiger partial charge in [0.25, 0.3) is 0 Å². The highest BCUT2D eigenvalue weighted by molar-refractivity contribution is 7.80. The molecule has 0 aromatic carbocycles. The summed E-state index contributed by atoms with van der Waals surface area (Å²) in [6, 6.07) is 0.433. The molecule has 0 spiro atoms. The molecule has 5 heteroatoms. The summed E-state index contributed by atoms with van der Waals surface area (Å²) in [4.78, 5) is 17.8. The summed E-state index contributed by atoms with van der Waals surface area (Å²) in [5, 5.41) is 0. The summed E-state index contributed by atoms with van der Waals surface area (Å²) in [6.07, 6.45) is 6.16. The van der Waals surface area contributed by atoms with E-state index in [0.29, 0.717) is 16.9 Å². The van der Waals surface area contributed by atoms with Crippen molar-refractivity contribution in [3.63, 3.8) is 0 Å². The molecule has 2 unspecified atom stereocenters. The lowest BCUT2D eigenvalue weighted by molar-refractivity contribution is -0.138. The third-order valence-corrected chi connectivity index (χ3v) is 5.75. The van der Waals surface area contributed by atoms with Crippen molar-refractivity contribution >= 4 is 23.1 Å². The molecule has 0 aromatic rings. The molecule has 0 aromatic heterocycles. The number of nitrogens with zero attached hydrogens (tertiary/aromatic N) is 2. The second-order valence-electron chi connectivity index (χ2n) is 7.08. The van der Waals surface area contributed by atoms with Crippen LogP contribution in [0.5, 0.6) is 0 Å². The molecule has 1 amide bonds. The standard InChI is InChI=1S/C16H29N3OS/c1-12-10-19(11-13(12)18(2)3)15(20)16(14(17)21)8-6-4-5-7-9-16/h12-13H,4-11H2,1-3H3,(H2,17,21). The van der Waals surface area contributed by atoms with E-state index in [1.165, 1.54) is 12.8 Å². The summed E-state index contributed by atoms with van der Waals surface area (Å²) in [6.45, 7) is 3.85. The van der Waals surface area contributed by atoms with E-state index in [2.05, 4.69) is 25.9 Å². The largest absolute Gasteiger partial charge is 0.392 e. The lowest BCUT2D eigenvalue weighted by atomic mass is 9.79. The zero-order chi connectivity index (χ0) is 15.6. The Morgan fingerprint density at radius 1 is 1.19 bits per heavy atom. The molecule has 2 rings (SSSR count). The minimum absolute atomic E-state index is 0.188. The molecular weight excluding hydrogens is 282 g/mol. The molecule has 1 saturated carbocycles. The number of hydrogen-bond donors (Lipinski definition) is 1. The fraction of sp³-hybridized carbons (Fsp3) is 0.875. The maximum Gasteiger partial charge on any atom is 0.235 e. The maximum absolute atomic E-state index is 13.2. The summed E-state index contributed by atoms with van der Waals surface area (Å²) in [5.41, 5.74) is 5.47. The number of rotatable bonds is 3. The van der Waals surface area contributed by atoms with E-state index in [1.807, 2.05) is 4.90 Å². The van der Waals surface area contributed by atoms with Crippen LogP contribution >= 0.6 is 12.2 Å². The predicted octanol–water partition coefficient (Wildman–Crippen LogP) is 2.02. The van der Waals surface area contributed by atoms with Gasteiger partial charge in [0.15, 0.2) is 0 Å².